The highest BCUT2D eigenvalue weighted by atomic mass is 16.3. The maximum absolute atomic E-state index is 12.0. The maximum Gasteiger partial charge on any atom is 0.244 e. The van der Waals surface area contributed by atoms with Crippen molar-refractivity contribution >= 4 is 5.91 Å². The molecule has 0 aliphatic carbocycles. The van der Waals surface area contributed by atoms with E-state index in [9.17, 15) is 4.79 Å². The van der Waals surface area contributed by atoms with Crippen molar-refractivity contribution in [2.75, 3.05) is 6.61 Å². The Bertz CT molecular complexity index is 452. The first-order valence-electron chi connectivity index (χ1n) is 7.65. The predicted molar refractivity (Wildman–Crippen MR) is 87.0 cm³/mol. The van der Waals surface area contributed by atoms with Crippen molar-refractivity contribution in [3.05, 3.63) is 47.5 Å². The zero-order valence-electron chi connectivity index (χ0n) is 13.3. The van der Waals surface area contributed by atoms with Gasteiger partial charge in [-0.2, -0.15) is 0 Å². The van der Waals surface area contributed by atoms with Gasteiger partial charge in [-0.3, -0.25) is 4.79 Å². The van der Waals surface area contributed by atoms with Gasteiger partial charge in [0.1, 0.15) is 0 Å². The Hall–Kier alpha value is -1.61. The average Bonchev–Trinajstić information content (AvgIpc) is 2.45. The van der Waals surface area contributed by atoms with Crippen LogP contribution in [0.3, 0.4) is 0 Å². The number of carbonyl (C=O) groups is 1. The van der Waals surface area contributed by atoms with Gasteiger partial charge >= 0.3 is 0 Å². The third kappa shape index (κ3) is 7.09. The quantitative estimate of drug-likeness (QED) is 0.723. The predicted octanol–water partition coefficient (Wildman–Crippen LogP) is 3.09. The molecule has 0 spiro atoms. The maximum atomic E-state index is 12.0. The minimum atomic E-state index is -0.0623. The van der Waals surface area contributed by atoms with E-state index in [2.05, 4.69) is 17.4 Å². The Morgan fingerprint density at radius 1 is 1.29 bits per heavy atom. The summed E-state index contributed by atoms with van der Waals surface area (Å²) >= 11 is 0. The topological polar surface area (TPSA) is 49.3 Å². The molecule has 1 atom stereocenters. The highest BCUT2D eigenvalue weighted by Crippen LogP contribution is 2.09. The van der Waals surface area contributed by atoms with Crippen LogP contribution in [0.1, 0.15) is 39.2 Å². The SMILES string of the molecule is C/C(=C/C(=O)NC(CCO)C(C)C)CCc1ccccc1. The lowest BCUT2D eigenvalue weighted by Crippen LogP contribution is -2.38. The van der Waals surface area contributed by atoms with E-state index in [1.54, 1.807) is 6.08 Å². The molecule has 21 heavy (non-hydrogen) atoms. The Labute approximate surface area is 128 Å². The number of aliphatic hydroxyl groups excluding tert-OH is 1. The van der Waals surface area contributed by atoms with E-state index in [-0.39, 0.29) is 18.6 Å². The van der Waals surface area contributed by atoms with Gasteiger partial charge < -0.3 is 10.4 Å². The molecule has 0 aromatic heterocycles. The van der Waals surface area contributed by atoms with Crippen LogP contribution in [0.25, 0.3) is 0 Å². The average molecular weight is 289 g/mol. The second-order valence-electron chi connectivity index (χ2n) is 5.85. The summed E-state index contributed by atoms with van der Waals surface area (Å²) in [5.41, 5.74) is 2.36. The lowest BCUT2D eigenvalue weighted by Gasteiger charge is -2.20. The number of nitrogens with one attached hydrogen (secondary N) is 1. The first-order valence-corrected chi connectivity index (χ1v) is 7.65. The van der Waals surface area contributed by atoms with Crippen LogP contribution < -0.4 is 5.32 Å². The van der Waals surface area contributed by atoms with Gasteiger partial charge in [0.05, 0.1) is 0 Å². The number of hydrogen-bond donors (Lipinski definition) is 2. The molecule has 0 heterocycles. The molecule has 1 amide bonds. The number of allylic oxidation sites excluding steroid dienone is 1. The molecule has 1 unspecified atom stereocenters. The summed E-state index contributed by atoms with van der Waals surface area (Å²) in [6.45, 7) is 6.18. The van der Waals surface area contributed by atoms with Crippen molar-refractivity contribution in [1.82, 2.24) is 5.32 Å². The fourth-order valence-electron chi connectivity index (χ4n) is 2.22. The van der Waals surface area contributed by atoms with Crippen molar-refractivity contribution in [2.24, 2.45) is 5.92 Å². The Balaban J connectivity index is 2.46. The van der Waals surface area contributed by atoms with Gasteiger partial charge in [-0.1, -0.05) is 49.8 Å². The third-order valence-electron chi connectivity index (χ3n) is 3.60. The number of benzene rings is 1. The number of amides is 1. The highest BCUT2D eigenvalue weighted by Gasteiger charge is 2.14. The molecule has 2 N–H and O–H groups in total. The van der Waals surface area contributed by atoms with E-state index in [0.29, 0.717) is 12.3 Å². The Kier molecular flexibility index (Phi) is 7.76. The first-order chi connectivity index (χ1) is 10.0. The first kappa shape index (κ1) is 17.4. The van der Waals surface area contributed by atoms with Gasteiger partial charge in [-0.25, -0.2) is 0 Å². The van der Waals surface area contributed by atoms with Crippen molar-refractivity contribution in [3.63, 3.8) is 0 Å². The molecule has 0 aliphatic heterocycles. The molecule has 3 heteroatoms. The standard InChI is InChI=1S/C18H27NO2/c1-14(2)17(11-12-20)19-18(21)13-15(3)9-10-16-7-5-4-6-8-16/h4-8,13-14,17,20H,9-12H2,1-3H3,(H,19,21)/b15-13-. The lowest BCUT2D eigenvalue weighted by atomic mass is 10.0. The summed E-state index contributed by atoms with van der Waals surface area (Å²) < 4.78 is 0. The van der Waals surface area contributed by atoms with Crippen LogP contribution in [0.2, 0.25) is 0 Å². The highest BCUT2D eigenvalue weighted by molar-refractivity contribution is 5.88. The van der Waals surface area contributed by atoms with E-state index >= 15 is 0 Å². The van der Waals surface area contributed by atoms with Gasteiger partial charge in [0.2, 0.25) is 5.91 Å². The molecule has 0 saturated carbocycles. The van der Waals surface area contributed by atoms with Crippen molar-refractivity contribution in [1.29, 1.82) is 0 Å². The van der Waals surface area contributed by atoms with E-state index in [1.165, 1.54) is 5.56 Å². The summed E-state index contributed by atoms with van der Waals surface area (Å²) in [5, 5.41) is 12.0. The minimum absolute atomic E-state index is 0.0284. The van der Waals surface area contributed by atoms with Crippen LogP contribution in [0.4, 0.5) is 0 Å². The number of hydrogen-bond acceptors (Lipinski definition) is 2. The summed E-state index contributed by atoms with van der Waals surface area (Å²) in [7, 11) is 0. The normalized spacial score (nSPS) is 13.3. The van der Waals surface area contributed by atoms with Gasteiger partial charge in [-0.05, 0) is 37.7 Å². The fourth-order valence-corrected chi connectivity index (χ4v) is 2.22. The zero-order valence-corrected chi connectivity index (χ0v) is 13.3. The fraction of sp³-hybridized carbons (Fsp3) is 0.500. The van der Waals surface area contributed by atoms with E-state index in [1.807, 2.05) is 39.0 Å². The zero-order chi connectivity index (χ0) is 15.7. The minimum Gasteiger partial charge on any atom is -0.396 e. The van der Waals surface area contributed by atoms with Gasteiger partial charge in [0.25, 0.3) is 0 Å². The molecular formula is C18H27NO2. The molecule has 116 valence electrons. The monoisotopic (exact) mass is 289 g/mol. The molecule has 0 saturated heterocycles. The van der Waals surface area contributed by atoms with Crippen LogP contribution in [0, 0.1) is 5.92 Å². The van der Waals surface area contributed by atoms with Gasteiger partial charge in [-0.15, -0.1) is 0 Å². The Morgan fingerprint density at radius 2 is 1.95 bits per heavy atom. The molecule has 0 fully saturated rings. The van der Waals surface area contributed by atoms with Gasteiger partial charge in [0, 0.05) is 18.7 Å². The molecule has 1 rings (SSSR count). The molecular weight excluding hydrogens is 262 g/mol. The van der Waals surface area contributed by atoms with E-state index in [0.717, 1.165) is 18.4 Å². The van der Waals surface area contributed by atoms with E-state index in [4.69, 9.17) is 5.11 Å². The van der Waals surface area contributed by atoms with Crippen LogP contribution in [0.5, 0.6) is 0 Å². The number of carbonyl (C=O) groups excluding carboxylic acids is 1. The second kappa shape index (κ2) is 9.35. The van der Waals surface area contributed by atoms with Crippen LogP contribution in [-0.4, -0.2) is 23.7 Å². The Morgan fingerprint density at radius 3 is 2.52 bits per heavy atom. The molecule has 1 aromatic rings. The number of aryl methyl sites for hydroxylation is 1. The molecule has 0 aliphatic rings. The molecule has 3 nitrogen and oxygen atoms in total. The van der Waals surface area contributed by atoms with Crippen LogP contribution >= 0.6 is 0 Å². The number of rotatable bonds is 8. The molecule has 0 bridgehead atoms. The second-order valence-corrected chi connectivity index (χ2v) is 5.85. The lowest BCUT2D eigenvalue weighted by molar-refractivity contribution is -0.117. The summed E-state index contributed by atoms with van der Waals surface area (Å²) in [6.07, 6.45) is 4.10. The van der Waals surface area contributed by atoms with Crippen molar-refractivity contribution in [2.45, 2.75) is 46.1 Å². The van der Waals surface area contributed by atoms with Crippen LogP contribution in [-0.2, 0) is 11.2 Å². The smallest absolute Gasteiger partial charge is 0.244 e. The largest absolute Gasteiger partial charge is 0.396 e. The van der Waals surface area contributed by atoms with Crippen molar-refractivity contribution < 1.29 is 9.90 Å². The number of aliphatic hydroxyl groups is 1. The van der Waals surface area contributed by atoms with Gasteiger partial charge in [0.15, 0.2) is 0 Å². The van der Waals surface area contributed by atoms with E-state index < -0.39 is 0 Å². The van der Waals surface area contributed by atoms with Crippen molar-refractivity contribution in [3.8, 4) is 0 Å². The molecule has 0 radical (unpaired) electrons. The summed E-state index contributed by atoms with van der Waals surface area (Å²) in [4.78, 5) is 12.0. The summed E-state index contributed by atoms with van der Waals surface area (Å²) in [6, 6.07) is 10.3. The molecule has 1 aromatic carbocycles. The third-order valence-corrected chi connectivity index (χ3v) is 3.60. The van der Waals surface area contributed by atoms with Crippen LogP contribution in [0.15, 0.2) is 42.0 Å². The summed E-state index contributed by atoms with van der Waals surface area (Å²) in [5.74, 6) is 0.256.